The van der Waals surface area contributed by atoms with Crippen molar-refractivity contribution in [3.63, 3.8) is 0 Å². The van der Waals surface area contributed by atoms with Crippen LogP contribution in [0.5, 0.6) is 0 Å². The van der Waals surface area contributed by atoms with Crippen LogP contribution in [0.3, 0.4) is 0 Å². The molecule has 0 rings (SSSR count). The summed E-state index contributed by atoms with van der Waals surface area (Å²) >= 11 is 1.42. The lowest BCUT2D eigenvalue weighted by Crippen LogP contribution is -2.25. The van der Waals surface area contributed by atoms with E-state index in [0.29, 0.717) is 11.5 Å². The number of rotatable bonds is 4. The van der Waals surface area contributed by atoms with E-state index in [4.69, 9.17) is 0 Å². The van der Waals surface area contributed by atoms with Crippen molar-refractivity contribution < 1.29 is 9.59 Å². The quantitative estimate of drug-likeness (QED) is 0.744. The summed E-state index contributed by atoms with van der Waals surface area (Å²) in [6.07, 6.45) is 0. The molecule has 0 aliphatic rings. The molecule has 0 heterocycles. The molecule has 3 heteroatoms. The molecule has 0 unspecified atom stereocenters. The maximum absolute atomic E-state index is 11.6. The van der Waals surface area contributed by atoms with Crippen LogP contribution in [-0.4, -0.2) is 23.1 Å². The highest BCUT2D eigenvalue weighted by Crippen LogP contribution is 2.21. The van der Waals surface area contributed by atoms with Gasteiger partial charge in [0, 0.05) is 10.8 Å². The van der Waals surface area contributed by atoms with Crippen molar-refractivity contribution in [3.05, 3.63) is 0 Å². The van der Waals surface area contributed by atoms with Gasteiger partial charge in [-0.05, 0) is 0 Å². The van der Waals surface area contributed by atoms with Crippen LogP contribution < -0.4 is 0 Å². The van der Waals surface area contributed by atoms with Crippen LogP contribution >= 0.6 is 11.8 Å². The standard InChI is InChI=1S/C12H22O2S/c1-11(2,3)9(13)7-15-8-10(14)12(4,5)6/h7-8H2,1-6H3. The summed E-state index contributed by atoms with van der Waals surface area (Å²) in [4.78, 5) is 23.1. The minimum atomic E-state index is -0.294. The molecule has 2 nitrogen and oxygen atoms in total. The topological polar surface area (TPSA) is 34.1 Å². The van der Waals surface area contributed by atoms with E-state index in [2.05, 4.69) is 0 Å². The largest absolute Gasteiger partial charge is 0.298 e. The van der Waals surface area contributed by atoms with Gasteiger partial charge in [-0.1, -0.05) is 41.5 Å². The third-order valence-electron chi connectivity index (χ3n) is 2.14. The predicted molar refractivity (Wildman–Crippen MR) is 66.2 cm³/mol. The van der Waals surface area contributed by atoms with Crippen molar-refractivity contribution in [1.29, 1.82) is 0 Å². The van der Waals surface area contributed by atoms with Crippen molar-refractivity contribution in [3.8, 4) is 0 Å². The fourth-order valence-electron chi connectivity index (χ4n) is 0.669. The Morgan fingerprint density at radius 1 is 0.800 bits per heavy atom. The third-order valence-corrected chi connectivity index (χ3v) is 3.07. The second kappa shape index (κ2) is 5.15. The van der Waals surface area contributed by atoms with Gasteiger partial charge < -0.3 is 0 Å². The first-order valence-electron chi connectivity index (χ1n) is 5.19. The smallest absolute Gasteiger partial charge is 0.148 e. The maximum Gasteiger partial charge on any atom is 0.148 e. The lowest BCUT2D eigenvalue weighted by molar-refractivity contribution is -0.123. The van der Waals surface area contributed by atoms with Crippen LogP contribution in [-0.2, 0) is 9.59 Å². The van der Waals surface area contributed by atoms with E-state index < -0.39 is 0 Å². The average molecular weight is 230 g/mol. The number of hydrogen-bond acceptors (Lipinski definition) is 3. The maximum atomic E-state index is 11.6. The molecule has 15 heavy (non-hydrogen) atoms. The average Bonchev–Trinajstić information content (AvgIpc) is 2.00. The van der Waals surface area contributed by atoms with E-state index in [-0.39, 0.29) is 22.4 Å². The summed E-state index contributed by atoms with van der Waals surface area (Å²) in [7, 11) is 0. The van der Waals surface area contributed by atoms with Gasteiger partial charge >= 0.3 is 0 Å². The molecule has 0 fully saturated rings. The molecular weight excluding hydrogens is 208 g/mol. The minimum Gasteiger partial charge on any atom is -0.298 e. The number of hydrogen-bond donors (Lipinski definition) is 0. The lowest BCUT2D eigenvalue weighted by Gasteiger charge is -2.18. The zero-order chi connectivity index (χ0) is 12.3. The van der Waals surface area contributed by atoms with Gasteiger partial charge in [0.1, 0.15) is 11.6 Å². The molecule has 0 amide bonds. The summed E-state index contributed by atoms with van der Waals surface area (Å²) < 4.78 is 0. The van der Waals surface area contributed by atoms with Gasteiger partial charge in [-0.3, -0.25) is 9.59 Å². The summed E-state index contributed by atoms with van der Waals surface area (Å²) in [5.74, 6) is 1.28. The van der Waals surface area contributed by atoms with Crippen LogP contribution in [0.1, 0.15) is 41.5 Å². The van der Waals surface area contributed by atoms with Crippen LogP contribution in [0.25, 0.3) is 0 Å². The van der Waals surface area contributed by atoms with Crippen LogP contribution in [0.2, 0.25) is 0 Å². The van der Waals surface area contributed by atoms with Crippen LogP contribution in [0.15, 0.2) is 0 Å². The Kier molecular flexibility index (Phi) is 5.04. The van der Waals surface area contributed by atoms with Gasteiger partial charge in [-0.2, -0.15) is 0 Å². The van der Waals surface area contributed by atoms with Crippen molar-refractivity contribution >= 4 is 23.3 Å². The first-order chi connectivity index (χ1) is 6.55. The fraction of sp³-hybridized carbons (Fsp3) is 0.833. The SMILES string of the molecule is CC(C)(C)C(=O)CSCC(=O)C(C)(C)C. The Morgan fingerprint density at radius 3 is 1.27 bits per heavy atom. The first kappa shape index (κ1) is 14.7. The Bertz CT molecular complexity index is 217. The van der Waals surface area contributed by atoms with Crippen LogP contribution in [0.4, 0.5) is 0 Å². The molecule has 0 N–H and O–H groups in total. The van der Waals surface area contributed by atoms with Crippen molar-refractivity contribution in [1.82, 2.24) is 0 Å². The number of carbonyl (C=O) groups is 2. The molecule has 0 radical (unpaired) electrons. The molecule has 0 atom stereocenters. The zero-order valence-corrected chi connectivity index (χ0v) is 11.5. The molecule has 0 aromatic rings. The fourth-order valence-corrected chi connectivity index (χ4v) is 2.01. The first-order valence-corrected chi connectivity index (χ1v) is 6.35. The van der Waals surface area contributed by atoms with Gasteiger partial charge in [-0.25, -0.2) is 0 Å². The van der Waals surface area contributed by atoms with Crippen LogP contribution in [0, 0.1) is 10.8 Å². The third kappa shape index (κ3) is 5.98. The van der Waals surface area contributed by atoms with E-state index in [0.717, 1.165) is 0 Å². The van der Waals surface area contributed by atoms with Gasteiger partial charge in [0.2, 0.25) is 0 Å². The van der Waals surface area contributed by atoms with E-state index in [1.165, 1.54) is 11.8 Å². The van der Waals surface area contributed by atoms with Gasteiger partial charge in [-0.15, -0.1) is 11.8 Å². The van der Waals surface area contributed by atoms with Crippen molar-refractivity contribution in [2.24, 2.45) is 10.8 Å². The number of Topliss-reactive ketones (excluding diaryl/α,β-unsaturated/α-hetero) is 2. The molecule has 0 saturated heterocycles. The Labute approximate surface area is 97.2 Å². The summed E-state index contributed by atoms with van der Waals surface area (Å²) in [6, 6.07) is 0. The lowest BCUT2D eigenvalue weighted by atomic mass is 9.92. The van der Waals surface area contributed by atoms with Gasteiger partial charge in [0.05, 0.1) is 11.5 Å². The Hall–Kier alpha value is -0.310. The predicted octanol–water partition coefficient (Wildman–Crippen LogP) is 2.95. The molecule has 0 spiro atoms. The molecule has 0 aromatic carbocycles. The molecule has 0 aromatic heterocycles. The van der Waals surface area contributed by atoms with Crippen molar-refractivity contribution in [2.75, 3.05) is 11.5 Å². The molecule has 88 valence electrons. The van der Waals surface area contributed by atoms with E-state index >= 15 is 0 Å². The highest BCUT2D eigenvalue weighted by Gasteiger charge is 2.23. The Balaban J connectivity index is 3.92. The molecule has 0 aliphatic carbocycles. The number of ketones is 2. The molecule has 0 bridgehead atoms. The minimum absolute atomic E-state index is 0.203. The number of thioether (sulfide) groups is 1. The summed E-state index contributed by atoms with van der Waals surface area (Å²) in [5.41, 5.74) is -0.588. The normalized spacial score (nSPS) is 12.7. The van der Waals surface area contributed by atoms with Crippen molar-refractivity contribution in [2.45, 2.75) is 41.5 Å². The van der Waals surface area contributed by atoms with E-state index in [1.807, 2.05) is 41.5 Å². The second-order valence-electron chi connectivity index (χ2n) is 5.84. The molecular formula is C12H22O2S. The van der Waals surface area contributed by atoms with E-state index in [1.54, 1.807) is 0 Å². The highest BCUT2D eigenvalue weighted by molar-refractivity contribution is 8.00. The number of carbonyl (C=O) groups excluding carboxylic acids is 2. The monoisotopic (exact) mass is 230 g/mol. The summed E-state index contributed by atoms with van der Waals surface area (Å²) in [5, 5.41) is 0. The second-order valence-corrected chi connectivity index (χ2v) is 6.82. The van der Waals surface area contributed by atoms with E-state index in [9.17, 15) is 9.59 Å². The Morgan fingerprint density at radius 2 is 1.07 bits per heavy atom. The summed E-state index contributed by atoms with van der Waals surface area (Å²) in [6.45, 7) is 11.4. The highest BCUT2D eigenvalue weighted by atomic mass is 32.2. The molecule has 0 saturated carbocycles. The molecule has 0 aliphatic heterocycles. The van der Waals surface area contributed by atoms with Gasteiger partial charge in [0.15, 0.2) is 0 Å². The van der Waals surface area contributed by atoms with Gasteiger partial charge in [0.25, 0.3) is 0 Å². The zero-order valence-electron chi connectivity index (χ0n) is 10.6.